The molecule has 3 N–H and O–H groups in total. The summed E-state index contributed by atoms with van der Waals surface area (Å²) in [6, 6.07) is 5.57. The fourth-order valence-corrected chi connectivity index (χ4v) is 2.48. The van der Waals surface area contributed by atoms with Gasteiger partial charge in [-0.1, -0.05) is 0 Å². The van der Waals surface area contributed by atoms with Gasteiger partial charge in [-0.05, 0) is 44.0 Å². The molecule has 1 aliphatic carbocycles. The number of carbonyl (C=O) groups excluding carboxylic acids is 2. The number of benzene rings is 1. The van der Waals surface area contributed by atoms with Crippen LogP contribution < -0.4 is 11.1 Å². The molecule has 3 rings (SSSR count). The molecular weight excluding hydrogens is 401 g/mol. The minimum absolute atomic E-state index is 0. The number of ether oxygens (including phenoxy) is 1. The predicted octanol–water partition coefficient (Wildman–Crippen LogP) is 2.92. The number of aromatic nitrogens is 2. The third kappa shape index (κ3) is 4.28. The lowest BCUT2D eigenvalue weighted by Crippen LogP contribution is -2.37. The first kappa shape index (κ1) is 21.7. The van der Waals surface area contributed by atoms with E-state index in [1.54, 1.807) is 0 Å². The van der Waals surface area contributed by atoms with Crippen molar-refractivity contribution in [3.05, 3.63) is 41.7 Å². The number of alkyl halides is 3. The van der Waals surface area contributed by atoms with Crippen molar-refractivity contribution in [3.63, 3.8) is 0 Å². The Balaban J connectivity index is 0.00000280. The molecule has 1 aromatic carbocycles. The number of halogens is 4. The number of hydrogen-bond donors (Lipinski definition) is 2. The molecule has 0 bridgehead atoms. The molecule has 2 aromatic rings. The smallest absolute Gasteiger partial charge is 0.434 e. The summed E-state index contributed by atoms with van der Waals surface area (Å²) >= 11 is 0. The number of esters is 1. The summed E-state index contributed by atoms with van der Waals surface area (Å²) in [6.07, 6.45) is -2.81. The zero-order chi connectivity index (χ0) is 19.8. The van der Waals surface area contributed by atoms with Crippen molar-refractivity contribution < 1.29 is 27.5 Å². The van der Waals surface area contributed by atoms with E-state index in [-0.39, 0.29) is 30.6 Å². The van der Waals surface area contributed by atoms with Crippen LogP contribution in [-0.2, 0) is 15.7 Å². The SMILES string of the molecule is CCOC(=O)c1cnn(-c2ccc(NC(=O)C3(N)CC3)cc2)c1C(F)(F)F.Cl. The van der Waals surface area contributed by atoms with Crippen LogP contribution >= 0.6 is 12.4 Å². The summed E-state index contributed by atoms with van der Waals surface area (Å²) < 4.78 is 45.7. The summed E-state index contributed by atoms with van der Waals surface area (Å²) in [5.74, 6) is -1.44. The maximum atomic E-state index is 13.5. The first-order valence-electron chi connectivity index (χ1n) is 8.19. The van der Waals surface area contributed by atoms with Gasteiger partial charge >= 0.3 is 12.1 Å². The van der Waals surface area contributed by atoms with Crippen LogP contribution in [0.5, 0.6) is 0 Å². The van der Waals surface area contributed by atoms with E-state index in [2.05, 4.69) is 15.2 Å². The van der Waals surface area contributed by atoms with Crippen LogP contribution in [0.3, 0.4) is 0 Å². The van der Waals surface area contributed by atoms with Gasteiger partial charge in [0.1, 0.15) is 5.56 Å². The molecule has 0 spiro atoms. The maximum absolute atomic E-state index is 13.5. The molecule has 28 heavy (non-hydrogen) atoms. The molecule has 1 aliphatic rings. The maximum Gasteiger partial charge on any atom is 0.434 e. The molecule has 0 aliphatic heterocycles. The van der Waals surface area contributed by atoms with Crippen LogP contribution in [0.15, 0.2) is 30.5 Å². The van der Waals surface area contributed by atoms with Crippen LogP contribution in [0.1, 0.15) is 35.8 Å². The highest BCUT2D eigenvalue weighted by Crippen LogP contribution is 2.35. The van der Waals surface area contributed by atoms with E-state index in [4.69, 9.17) is 5.73 Å². The number of carbonyl (C=O) groups is 2. The van der Waals surface area contributed by atoms with Crippen LogP contribution in [0, 0.1) is 0 Å². The van der Waals surface area contributed by atoms with Gasteiger partial charge in [-0.15, -0.1) is 12.4 Å². The molecule has 1 fully saturated rings. The molecule has 1 heterocycles. The second-order valence-corrected chi connectivity index (χ2v) is 6.19. The molecule has 1 amide bonds. The molecule has 0 atom stereocenters. The number of anilines is 1. The summed E-state index contributed by atoms with van der Waals surface area (Å²) in [6.45, 7) is 1.44. The van der Waals surface area contributed by atoms with Gasteiger partial charge in [0, 0.05) is 5.69 Å². The van der Waals surface area contributed by atoms with Crippen molar-refractivity contribution in [1.82, 2.24) is 9.78 Å². The highest BCUT2D eigenvalue weighted by Gasteiger charge is 2.46. The third-order valence-electron chi connectivity index (χ3n) is 4.14. The summed E-state index contributed by atoms with van der Waals surface area (Å²) in [7, 11) is 0. The van der Waals surface area contributed by atoms with E-state index in [9.17, 15) is 22.8 Å². The van der Waals surface area contributed by atoms with Crippen molar-refractivity contribution in [2.24, 2.45) is 5.73 Å². The third-order valence-corrected chi connectivity index (χ3v) is 4.14. The molecule has 0 unspecified atom stereocenters. The summed E-state index contributed by atoms with van der Waals surface area (Å²) in [5.41, 5.74) is 3.50. The predicted molar refractivity (Wildman–Crippen MR) is 96.6 cm³/mol. The Kier molecular flexibility index (Phi) is 6.05. The molecule has 0 saturated heterocycles. The Morgan fingerprint density at radius 3 is 2.39 bits per heavy atom. The van der Waals surface area contributed by atoms with E-state index in [0.29, 0.717) is 23.2 Å². The van der Waals surface area contributed by atoms with E-state index in [0.717, 1.165) is 6.20 Å². The molecule has 152 valence electrons. The first-order chi connectivity index (χ1) is 12.7. The normalized spacial score (nSPS) is 14.8. The quantitative estimate of drug-likeness (QED) is 0.727. The lowest BCUT2D eigenvalue weighted by molar-refractivity contribution is -0.143. The number of nitrogens with zero attached hydrogens (tertiary/aromatic N) is 2. The summed E-state index contributed by atoms with van der Waals surface area (Å²) in [4.78, 5) is 23.7. The number of rotatable bonds is 5. The van der Waals surface area contributed by atoms with Crippen molar-refractivity contribution in [3.8, 4) is 5.69 Å². The van der Waals surface area contributed by atoms with Crippen molar-refractivity contribution in [2.45, 2.75) is 31.5 Å². The largest absolute Gasteiger partial charge is 0.462 e. The second-order valence-electron chi connectivity index (χ2n) is 6.19. The zero-order valence-corrected chi connectivity index (χ0v) is 15.6. The Hall–Kier alpha value is -2.59. The number of nitrogens with one attached hydrogen (secondary N) is 1. The average molecular weight is 419 g/mol. The Bertz CT molecular complexity index is 877. The number of nitrogens with two attached hydrogens (primary N) is 1. The van der Waals surface area contributed by atoms with E-state index >= 15 is 0 Å². The van der Waals surface area contributed by atoms with Gasteiger partial charge in [-0.3, -0.25) is 4.79 Å². The topological polar surface area (TPSA) is 99.2 Å². The fraction of sp³-hybridized carbons (Fsp3) is 0.353. The highest BCUT2D eigenvalue weighted by molar-refractivity contribution is 6.00. The van der Waals surface area contributed by atoms with Gasteiger partial charge in [0.15, 0.2) is 5.69 Å². The van der Waals surface area contributed by atoms with Gasteiger partial charge in [0.05, 0.1) is 24.0 Å². The van der Waals surface area contributed by atoms with Crippen molar-refractivity contribution >= 4 is 30.0 Å². The van der Waals surface area contributed by atoms with E-state index < -0.39 is 28.9 Å². The lowest BCUT2D eigenvalue weighted by atomic mass is 10.2. The zero-order valence-electron chi connectivity index (χ0n) is 14.7. The van der Waals surface area contributed by atoms with Gasteiger partial charge in [0.2, 0.25) is 5.91 Å². The van der Waals surface area contributed by atoms with Crippen LogP contribution in [0.4, 0.5) is 18.9 Å². The Morgan fingerprint density at radius 2 is 1.89 bits per heavy atom. The van der Waals surface area contributed by atoms with Gasteiger partial charge < -0.3 is 15.8 Å². The minimum atomic E-state index is -4.82. The molecular formula is C17H18ClF3N4O3. The first-order valence-corrected chi connectivity index (χ1v) is 8.19. The molecule has 1 saturated carbocycles. The molecule has 0 radical (unpaired) electrons. The van der Waals surface area contributed by atoms with E-state index in [1.165, 1.54) is 31.2 Å². The van der Waals surface area contributed by atoms with Gasteiger partial charge in [0.25, 0.3) is 0 Å². The van der Waals surface area contributed by atoms with Crippen LogP contribution in [0.2, 0.25) is 0 Å². The molecule has 7 nitrogen and oxygen atoms in total. The number of amides is 1. The van der Waals surface area contributed by atoms with Gasteiger partial charge in [-0.25, -0.2) is 9.48 Å². The molecule has 1 aromatic heterocycles. The minimum Gasteiger partial charge on any atom is -0.462 e. The van der Waals surface area contributed by atoms with Crippen molar-refractivity contribution in [2.75, 3.05) is 11.9 Å². The number of hydrogen-bond acceptors (Lipinski definition) is 5. The monoisotopic (exact) mass is 418 g/mol. The fourth-order valence-electron chi connectivity index (χ4n) is 2.48. The average Bonchev–Trinajstić information content (AvgIpc) is 3.19. The highest BCUT2D eigenvalue weighted by atomic mass is 35.5. The van der Waals surface area contributed by atoms with Crippen LogP contribution in [0.25, 0.3) is 5.69 Å². The van der Waals surface area contributed by atoms with E-state index in [1.807, 2.05) is 0 Å². The van der Waals surface area contributed by atoms with Gasteiger partial charge in [-0.2, -0.15) is 18.3 Å². The standard InChI is InChI=1S/C17H17F3N4O3.ClH/c1-2-27-14(25)12-9-22-24(13(12)17(18,19)20)11-5-3-10(4-6-11)23-15(26)16(21)7-8-16;/h3-6,9H,2,7-8,21H2,1H3,(H,23,26);1H. The summed E-state index contributed by atoms with van der Waals surface area (Å²) in [5, 5.41) is 6.30. The lowest BCUT2D eigenvalue weighted by Gasteiger charge is -2.13. The molecule has 11 heteroatoms. The Labute approximate surface area is 164 Å². The van der Waals surface area contributed by atoms with Crippen molar-refractivity contribution in [1.29, 1.82) is 0 Å². The Morgan fingerprint density at radius 1 is 1.29 bits per heavy atom. The van der Waals surface area contributed by atoms with Crippen LogP contribution in [-0.4, -0.2) is 33.8 Å². The second kappa shape index (κ2) is 7.80.